The normalized spacial score (nSPS) is 25.1. The highest BCUT2D eigenvalue weighted by Crippen LogP contribution is 2.22. The quantitative estimate of drug-likeness (QED) is 0.811. The molecule has 2 heterocycles. The van der Waals surface area contributed by atoms with Crippen molar-refractivity contribution < 1.29 is 9.59 Å². The molecule has 0 radical (unpaired) electrons. The predicted molar refractivity (Wildman–Crippen MR) is 78.2 cm³/mol. The molecule has 2 amide bonds. The van der Waals surface area contributed by atoms with Crippen LogP contribution in [0.4, 0.5) is 0 Å². The molecular weight excluding hydrogens is 254 g/mol. The molecule has 0 aromatic carbocycles. The van der Waals surface area contributed by atoms with Crippen molar-refractivity contribution in [2.75, 3.05) is 32.7 Å². The predicted octanol–water partition coefficient (Wildman–Crippen LogP) is 0.701. The van der Waals surface area contributed by atoms with Crippen molar-refractivity contribution >= 4 is 11.8 Å². The number of piperidine rings is 1. The van der Waals surface area contributed by atoms with Crippen LogP contribution in [0.5, 0.6) is 0 Å². The van der Waals surface area contributed by atoms with E-state index >= 15 is 0 Å². The molecule has 5 nitrogen and oxygen atoms in total. The second kappa shape index (κ2) is 6.57. The van der Waals surface area contributed by atoms with Crippen molar-refractivity contribution in [2.45, 2.75) is 39.7 Å². The van der Waals surface area contributed by atoms with Crippen molar-refractivity contribution in [3.63, 3.8) is 0 Å². The van der Waals surface area contributed by atoms with E-state index in [0.717, 1.165) is 45.6 Å². The van der Waals surface area contributed by atoms with Crippen molar-refractivity contribution in [1.82, 2.24) is 15.1 Å². The summed E-state index contributed by atoms with van der Waals surface area (Å²) in [6.07, 6.45) is 1.63. The van der Waals surface area contributed by atoms with Crippen LogP contribution in [0, 0.1) is 11.8 Å². The van der Waals surface area contributed by atoms with Gasteiger partial charge in [0.2, 0.25) is 11.8 Å². The Morgan fingerprint density at radius 2 is 1.80 bits per heavy atom. The zero-order chi connectivity index (χ0) is 14.7. The summed E-state index contributed by atoms with van der Waals surface area (Å²) >= 11 is 0. The maximum Gasteiger partial charge on any atom is 0.226 e. The number of carbonyl (C=O) groups is 2. The number of piperazine rings is 1. The SMILES string of the molecule is CC(C)C(=O)N1CCC(C(=O)N2CCNC[C@H]2C)CC1. The Kier molecular flexibility index (Phi) is 5.02. The molecule has 0 unspecified atom stereocenters. The number of nitrogens with zero attached hydrogens (tertiary/aromatic N) is 2. The molecule has 2 rings (SSSR count). The fourth-order valence-electron chi connectivity index (χ4n) is 3.11. The molecule has 114 valence electrons. The summed E-state index contributed by atoms with van der Waals surface area (Å²) in [7, 11) is 0. The van der Waals surface area contributed by atoms with Gasteiger partial charge in [0.15, 0.2) is 0 Å². The third-order valence-electron chi connectivity index (χ3n) is 4.43. The third kappa shape index (κ3) is 3.32. The van der Waals surface area contributed by atoms with E-state index in [-0.39, 0.29) is 29.7 Å². The summed E-state index contributed by atoms with van der Waals surface area (Å²) in [6, 6.07) is 0.284. The topological polar surface area (TPSA) is 52.7 Å². The Balaban J connectivity index is 1.87. The lowest BCUT2D eigenvalue weighted by Gasteiger charge is -2.39. The van der Waals surface area contributed by atoms with Crippen molar-refractivity contribution in [3.05, 3.63) is 0 Å². The Morgan fingerprint density at radius 3 is 2.35 bits per heavy atom. The highest BCUT2D eigenvalue weighted by Gasteiger charge is 2.33. The first-order valence-electron chi connectivity index (χ1n) is 7.80. The number of nitrogens with one attached hydrogen (secondary N) is 1. The Hall–Kier alpha value is -1.10. The summed E-state index contributed by atoms with van der Waals surface area (Å²) in [6.45, 7) is 10.0. The summed E-state index contributed by atoms with van der Waals surface area (Å²) in [5.74, 6) is 0.657. The van der Waals surface area contributed by atoms with Crippen LogP contribution in [0.2, 0.25) is 0 Å². The maximum atomic E-state index is 12.6. The molecule has 0 spiro atoms. The van der Waals surface area contributed by atoms with Gasteiger partial charge in [-0.25, -0.2) is 0 Å². The van der Waals surface area contributed by atoms with Gasteiger partial charge in [-0.05, 0) is 19.8 Å². The molecule has 1 atom stereocenters. The van der Waals surface area contributed by atoms with E-state index < -0.39 is 0 Å². The van der Waals surface area contributed by atoms with Gasteiger partial charge >= 0.3 is 0 Å². The second-order valence-electron chi connectivity index (χ2n) is 6.34. The number of hydrogen-bond acceptors (Lipinski definition) is 3. The molecule has 2 fully saturated rings. The van der Waals surface area contributed by atoms with Gasteiger partial charge in [-0.1, -0.05) is 13.8 Å². The summed E-state index contributed by atoms with van der Waals surface area (Å²) in [4.78, 5) is 28.4. The van der Waals surface area contributed by atoms with E-state index in [0.29, 0.717) is 0 Å². The molecule has 5 heteroatoms. The largest absolute Gasteiger partial charge is 0.342 e. The standard InChI is InChI=1S/C15H27N3O2/c1-11(2)14(19)17-7-4-13(5-8-17)15(20)18-9-6-16-10-12(18)3/h11-13,16H,4-10H2,1-3H3/t12-/m1/s1. The van der Waals surface area contributed by atoms with Crippen molar-refractivity contribution in [2.24, 2.45) is 11.8 Å². The van der Waals surface area contributed by atoms with Crippen LogP contribution in [-0.2, 0) is 9.59 Å². The van der Waals surface area contributed by atoms with Crippen LogP contribution in [-0.4, -0.2) is 60.4 Å². The minimum absolute atomic E-state index is 0.0513. The van der Waals surface area contributed by atoms with E-state index in [2.05, 4.69) is 12.2 Å². The fraction of sp³-hybridized carbons (Fsp3) is 0.867. The molecule has 1 N–H and O–H groups in total. The first-order valence-corrected chi connectivity index (χ1v) is 7.80. The number of amides is 2. The van der Waals surface area contributed by atoms with Crippen LogP contribution >= 0.6 is 0 Å². The number of rotatable bonds is 2. The van der Waals surface area contributed by atoms with Crippen LogP contribution in [0.15, 0.2) is 0 Å². The molecule has 0 aromatic rings. The lowest BCUT2D eigenvalue weighted by Crippen LogP contribution is -2.55. The molecule has 2 aliphatic rings. The van der Waals surface area contributed by atoms with Crippen LogP contribution in [0.1, 0.15) is 33.6 Å². The zero-order valence-corrected chi connectivity index (χ0v) is 12.9. The van der Waals surface area contributed by atoms with Gasteiger partial charge in [0.05, 0.1) is 0 Å². The van der Waals surface area contributed by atoms with Crippen LogP contribution in [0.3, 0.4) is 0 Å². The minimum Gasteiger partial charge on any atom is -0.342 e. The lowest BCUT2D eigenvalue weighted by atomic mass is 9.93. The molecule has 20 heavy (non-hydrogen) atoms. The Bertz CT molecular complexity index is 362. The van der Waals surface area contributed by atoms with E-state index in [1.165, 1.54) is 0 Å². The van der Waals surface area contributed by atoms with Crippen molar-refractivity contribution in [3.8, 4) is 0 Å². The third-order valence-corrected chi connectivity index (χ3v) is 4.43. The van der Waals surface area contributed by atoms with Gasteiger partial charge in [0.25, 0.3) is 0 Å². The van der Waals surface area contributed by atoms with Gasteiger partial charge < -0.3 is 15.1 Å². The molecule has 2 saturated heterocycles. The highest BCUT2D eigenvalue weighted by atomic mass is 16.2. The van der Waals surface area contributed by atoms with E-state index in [9.17, 15) is 9.59 Å². The average Bonchev–Trinajstić information content (AvgIpc) is 2.46. The van der Waals surface area contributed by atoms with E-state index in [4.69, 9.17) is 0 Å². The highest BCUT2D eigenvalue weighted by molar-refractivity contribution is 5.81. The molecule has 0 aliphatic carbocycles. The molecule has 0 aromatic heterocycles. The van der Waals surface area contributed by atoms with Gasteiger partial charge in [-0.15, -0.1) is 0 Å². The maximum absolute atomic E-state index is 12.6. The first-order chi connectivity index (χ1) is 9.50. The monoisotopic (exact) mass is 281 g/mol. The molecule has 2 aliphatic heterocycles. The molecule has 0 bridgehead atoms. The number of hydrogen-bond donors (Lipinski definition) is 1. The smallest absolute Gasteiger partial charge is 0.226 e. The van der Waals surface area contributed by atoms with Crippen LogP contribution < -0.4 is 5.32 Å². The van der Waals surface area contributed by atoms with Gasteiger partial charge in [0, 0.05) is 50.6 Å². The molecular formula is C15H27N3O2. The van der Waals surface area contributed by atoms with Crippen molar-refractivity contribution in [1.29, 1.82) is 0 Å². The minimum atomic E-state index is 0.0513. The van der Waals surface area contributed by atoms with E-state index in [1.807, 2.05) is 23.6 Å². The Labute approximate surface area is 121 Å². The zero-order valence-electron chi connectivity index (χ0n) is 12.9. The second-order valence-corrected chi connectivity index (χ2v) is 6.34. The summed E-state index contributed by atoms with van der Waals surface area (Å²) < 4.78 is 0. The Morgan fingerprint density at radius 1 is 1.15 bits per heavy atom. The molecule has 0 saturated carbocycles. The number of likely N-dealkylation sites (tertiary alicyclic amines) is 1. The van der Waals surface area contributed by atoms with Gasteiger partial charge in [0.1, 0.15) is 0 Å². The first kappa shape index (κ1) is 15.3. The fourth-order valence-corrected chi connectivity index (χ4v) is 3.11. The van der Waals surface area contributed by atoms with E-state index in [1.54, 1.807) is 0 Å². The van der Waals surface area contributed by atoms with Gasteiger partial charge in [-0.3, -0.25) is 9.59 Å². The van der Waals surface area contributed by atoms with Crippen LogP contribution in [0.25, 0.3) is 0 Å². The summed E-state index contributed by atoms with van der Waals surface area (Å²) in [5.41, 5.74) is 0. The van der Waals surface area contributed by atoms with Gasteiger partial charge in [-0.2, -0.15) is 0 Å². The average molecular weight is 281 g/mol. The number of carbonyl (C=O) groups excluding carboxylic acids is 2. The lowest BCUT2D eigenvalue weighted by molar-refractivity contribution is -0.143. The summed E-state index contributed by atoms with van der Waals surface area (Å²) in [5, 5.41) is 3.31.